The Morgan fingerprint density at radius 3 is 2.62 bits per heavy atom. The number of amides is 1. The summed E-state index contributed by atoms with van der Waals surface area (Å²) < 4.78 is 5.47. The zero-order chi connectivity index (χ0) is 11.8. The summed E-state index contributed by atoms with van der Waals surface area (Å²) in [6.45, 7) is 6.71. The Kier molecular flexibility index (Phi) is 3.13. The third-order valence-electron chi connectivity index (χ3n) is 3.58. The number of ether oxygens (including phenoxy) is 1. The fourth-order valence-electron chi connectivity index (χ4n) is 2.82. The Morgan fingerprint density at radius 1 is 1.19 bits per heavy atom. The summed E-state index contributed by atoms with van der Waals surface area (Å²) in [4.78, 5) is 14.0. The molecule has 2 unspecified atom stereocenters. The first-order valence-electron chi connectivity index (χ1n) is 6.45. The molecule has 92 valence electrons. The van der Waals surface area contributed by atoms with Gasteiger partial charge in [0.15, 0.2) is 0 Å². The molecule has 2 heterocycles. The Labute approximate surface area is 98.1 Å². The number of rotatable bonds is 0. The highest BCUT2D eigenvalue weighted by atomic mass is 16.6. The molecular formula is C13H23NO2. The van der Waals surface area contributed by atoms with Crippen molar-refractivity contribution in [2.45, 2.75) is 64.5 Å². The second kappa shape index (κ2) is 4.27. The molecule has 3 fully saturated rings. The highest BCUT2D eigenvalue weighted by molar-refractivity contribution is 5.68. The predicted molar refractivity (Wildman–Crippen MR) is 63.3 cm³/mol. The maximum Gasteiger partial charge on any atom is 0.410 e. The third-order valence-corrected chi connectivity index (χ3v) is 3.58. The van der Waals surface area contributed by atoms with Gasteiger partial charge in [-0.05, 0) is 52.4 Å². The molecule has 0 spiro atoms. The quantitative estimate of drug-likeness (QED) is 0.633. The van der Waals surface area contributed by atoms with Gasteiger partial charge in [0, 0.05) is 12.6 Å². The van der Waals surface area contributed by atoms with Crippen LogP contribution >= 0.6 is 0 Å². The maximum atomic E-state index is 12.1. The van der Waals surface area contributed by atoms with E-state index >= 15 is 0 Å². The van der Waals surface area contributed by atoms with Gasteiger partial charge in [-0.1, -0.05) is 6.42 Å². The van der Waals surface area contributed by atoms with Crippen molar-refractivity contribution in [2.24, 2.45) is 5.92 Å². The van der Waals surface area contributed by atoms with Crippen molar-refractivity contribution in [1.82, 2.24) is 4.90 Å². The summed E-state index contributed by atoms with van der Waals surface area (Å²) in [5.41, 5.74) is -0.372. The highest BCUT2D eigenvalue weighted by Crippen LogP contribution is 2.33. The van der Waals surface area contributed by atoms with Crippen molar-refractivity contribution in [2.75, 3.05) is 6.54 Å². The summed E-state index contributed by atoms with van der Waals surface area (Å²) in [6, 6.07) is 0.439. The average Bonchev–Trinajstić information content (AvgIpc) is 2.48. The van der Waals surface area contributed by atoms with Crippen LogP contribution in [0.15, 0.2) is 0 Å². The molecule has 0 radical (unpaired) electrons. The van der Waals surface area contributed by atoms with Gasteiger partial charge in [-0.25, -0.2) is 4.79 Å². The van der Waals surface area contributed by atoms with Gasteiger partial charge in [0.2, 0.25) is 0 Å². The van der Waals surface area contributed by atoms with Gasteiger partial charge < -0.3 is 9.64 Å². The van der Waals surface area contributed by atoms with E-state index in [1.165, 1.54) is 25.7 Å². The fraction of sp³-hybridized carbons (Fsp3) is 0.923. The molecule has 2 atom stereocenters. The Hall–Kier alpha value is -0.730. The standard InChI is InChI=1S/C13H23NO2/c1-13(2,3)16-12(15)14-9-10-5-4-6-11(14)8-7-10/h10-11H,4-9H2,1-3H3. The Balaban J connectivity index is 2.01. The van der Waals surface area contributed by atoms with Gasteiger partial charge in [0.1, 0.15) is 5.60 Å². The van der Waals surface area contributed by atoms with Crippen LogP contribution in [-0.4, -0.2) is 29.2 Å². The van der Waals surface area contributed by atoms with Gasteiger partial charge in [-0.3, -0.25) is 0 Å². The summed E-state index contributed by atoms with van der Waals surface area (Å²) >= 11 is 0. The molecule has 16 heavy (non-hydrogen) atoms. The number of hydrogen-bond donors (Lipinski definition) is 0. The van der Waals surface area contributed by atoms with E-state index in [2.05, 4.69) is 0 Å². The lowest BCUT2D eigenvalue weighted by Crippen LogP contribution is -2.47. The van der Waals surface area contributed by atoms with Crippen LogP contribution in [-0.2, 0) is 4.74 Å². The zero-order valence-electron chi connectivity index (χ0n) is 10.7. The largest absolute Gasteiger partial charge is 0.444 e. The minimum atomic E-state index is -0.372. The van der Waals surface area contributed by atoms with E-state index in [4.69, 9.17) is 4.74 Å². The van der Waals surface area contributed by atoms with Crippen molar-refractivity contribution in [3.05, 3.63) is 0 Å². The molecule has 3 rings (SSSR count). The summed E-state index contributed by atoms with van der Waals surface area (Å²) in [5, 5.41) is 0. The predicted octanol–water partition coefficient (Wildman–Crippen LogP) is 3.19. The molecule has 1 saturated carbocycles. The van der Waals surface area contributed by atoms with Crippen molar-refractivity contribution < 1.29 is 9.53 Å². The summed E-state index contributed by atoms with van der Waals surface area (Å²) in [7, 11) is 0. The van der Waals surface area contributed by atoms with Crippen molar-refractivity contribution in [3.8, 4) is 0 Å². The van der Waals surface area contributed by atoms with Crippen molar-refractivity contribution in [3.63, 3.8) is 0 Å². The van der Waals surface area contributed by atoms with E-state index in [-0.39, 0.29) is 11.7 Å². The topological polar surface area (TPSA) is 29.5 Å². The van der Waals surface area contributed by atoms with Crippen LogP contribution in [0, 0.1) is 5.92 Å². The summed E-state index contributed by atoms with van der Waals surface area (Å²) in [6.07, 6.45) is 6.08. The van der Waals surface area contributed by atoms with E-state index in [1.807, 2.05) is 25.7 Å². The normalized spacial score (nSPS) is 30.1. The number of fused-ring (bicyclic) bond motifs is 4. The number of nitrogens with zero attached hydrogens (tertiary/aromatic N) is 1. The Bertz CT molecular complexity index is 266. The van der Waals surface area contributed by atoms with E-state index in [1.54, 1.807) is 0 Å². The van der Waals surface area contributed by atoms with Crippen LogP contribution in [0.25, 0.3) is 0 Å². The third kappa shape index (κ3) is 2.69. The molecule has 1 aliphatic carbocycles. The highest BCUT2D eigenvalue weighted by Gasteiger charge is 2.36. The molecule has 2 bridgehead atoms. The van der Waals surface area contributed by atoms with E-state index in [0.717, 1.165) is 13.0 Å². The van der Waals surface area contributed by atoms with E-state index in [9.17, 15) is 4.79 Å². The first-order valence-corrected chi connectivity index (χ1v) is 6.45. The summed E-state index contributed by atoms with van der Waals surface area (Å²) in [5.74, 6) is 0.714. The molecule has 0 N–H and O–H groups in total. The fourth-order valence-corrected chi connectivity index (χ4v) is 2.82. The maximum absolute atomic E-state index is 12.1. The first kappa shape index (κ1) is 11.7. The van der Waals surface area contributed by atoms with Gasteiger partial charge in [-0.2, -0.15) is 0 Å². The number of piperidine rings is 1. The number of carbonyl (C=O) groups excluding carboxylic acids is 1. The lowest BCUT2D eigenvalue weighted by atomic mass is 9.95. The molecule has 3 aliphatic rings. The van der Waals surface area contributed by atoms with Crippen LogP contribution < -0.4 is 0 Å². The van der Waals surface area contributed by atoms with E-state index < -0.39 is 0 Å². The minimum Gasteiger partial charge on any atom is -0.444 e. The number of carbonyl (C=O) groups is 1. The minimum absolute atomic E-state index is 0.107. The van der Waals surface area contributed by atoms with Crippen LogP contribution in [0.3, 0.4) is 0 Å². The molecule has 1 amide bonds. The molecule has 0 aromatic heterocycles. The molecular weight excluding hydrogens is 202 g/mol. The Morgan fingerprint density at radius 2 is 1.94 bits per heavy atom. The van der Waals surface area contributed by atoms with Crippen molar-refractivity contribution in [1.29, 1.82) is 0 Å². The monoisotopic (exact) mass is 225 g/mol. The molecule has 3 heteroatoms. The van der Waals surface area contributed by atoms with Crippen molar-refractivity contribution >= 4 is 6.09 Å². The lowest BCUT2D eigenvalue weighted by molar-refractivity contribution is 0.00616. The second-order valence-corrected chi connectivity index (χ2v) is 6.16. The van der Waals surface area contributed by atoms with Crippen LogP contribution in [0.4, 0.5) is 4.79 Å². The van der Waals surface area contributed by atoms with Gasteiger partial charge >= 0.3 is 6.09 Å². The number of hydrogen-bond acceptors (Lipinski definition) is 2. The average molecular weight is 225 g/mol. The molecule has 0 aromatic rings. The van der Waals surface area contributed by atoms with Gasteiger partial charge in [-0.15, -0.1) is 0 Å². The van der Waals surface area contributed by atoms with Crippen LogP contribution in [0.5, 0.6) is 0 Å². The van der Waals surface area contributed by atoms with Crippen LogP contribution in [0.1, 0.15) is 52.9 Å². The smallest absolute Gasteiger partial charge is 0.410 e. The van der Waals surface area contributed by atoms with E-state index in [0.29, 0.717) is 12.0 Å². The molecule has 3 nitrogen and oxygen atoms in total. The van der Waals surface area contributed by atoms with Crippen LogP contribution in [0.2, 0.25) is 0 Å². The zero-order valence-corrected chi connectivity index (χ0v) is 10.7. The van der Waals surface area contributed by atoms with Gasteiger partial charge in [0.25, 0.3) is 0 Å². The van der Waals surface area contributed by atoms with Gasteiger partial charge in [0.05, 0.1) is 0 Å². The lowest BCUT2D eigenvalue weighted by Gasteiger charge is -2.37. The molecule has 2 aliphatic heterocycles. The SMILES string of the molecule is CC(C)(C)OC(=O)N1CC2CCCC1CC2. The molecule has 0 aromatic carbocycles. The first-order chi connectivity index (χ1) is 7.46. The molecule has 2 saturated heterocycles. The second-order valence-electron chi connectivity index (χ2n) is 6.16.